The van der Waals surface area contributed by atoms with Gasteiger partial charge in [-0.1, -0.05) is 67.6 Å². The lowest BCUT2D eigenvalue weighted by Gasteiger charge is -2.08. The maximum absolute atomic E-state index is 12.6. The Kier molecular flexibility index (Phi) is 6.99. The Bertz CT molecular complexity index is 1170. The third-order valence-electron chi connectivity index (χ3n) is 5.09. The Hall–Kier alpha value is -2.70. The van der Waals surface area contributed by atoms with E-state index in [4.69, 9.17) is 0 Å². The number of benzene rings is 2. The maximum Gasteiger partial charge on any atom is 0.234 e. The van der Waals surface area contributed by atoms with Crippen molar-refractivity contribution in [1.29, 1.82) is 0 Å². The number of carbonyl (C=O) groups is 1. The van der Waals surface area contributed by atoms with Gasteiger partial charge in [-0.25, -0.2) is 9.97 Å². The number of thiophene rings is 1. The minimum absolute atomic E-state index is 0.0358. The molecule has 4 nitrogen and oxygen atoms in total. The fourth-order valence-electron chi connectivity index (χ4n) is 3.55. The van der Waals surface area contributed by atoms with Crippen LogP contribution in [-0.2, 0) is 11.2 Å². The number of amides is 1. The normalized spacial score (nSPS) is 11.0. The summed E-state index contributed by atoms with van der Waals surface area (Å²) >= 11 is 3.12. The first-order valence-corrected chi connectivity index (χ1v) is 12.3. The minimum atomic E-state index is -0.0358. The Morgan fingerprint density at radius 1 is 1.06 bits per heavy atom. The number of hydrogen-bond donors (Lipinski definition) is 1. The van der Waals surface area contributed by atoms with E-state index in [1.165, 1.54) is 35.0 Å². The summed E-state index contributed by atoms with van der Waals surface area (Å²) in [4.78, 5) is 23.7. The fourth-order valence-corrected chi connectivity index (χ4v) is 5.43. The molecule has 2 aromatic heterocycles. The van der Waals surface area contributed by atoms with Gasteiger partial charge in [0.2, 0.25) is 5.91 Å². The summed E-state index contributed by atoms with van der Waals surface area (Å²) in [5.74, 6) is 0.263. The highest BCUT2D eigenvalue weighted by atomic mass is 32.2. The summed E-state index contributed by atoms with van der Waals surface area (Å²) in [6.07, 6.45) is 5.03. The molecule has 0 unspecified atom stereocenters. The highest BCUT2D eigenvalue weighted by Gasteiger charge is 2.17. The van der Waals surface area contributed by atoms with Gasteiger partial charge in [-0.05, 0) is 43.0 Å². The molecule has 0 radical (unpaired) electrons. The van der Waals surface area contributed by atoms with Crippen LogP contribution in [0.2, 0.25) is 0 Å². The SMILES string of the molecule is CCCCc1ccc(NC(=O)CSc2ncnc3sc(C)c(-c4ccccc4)c23)cc1. The molecule has 4 rings (SSSR count). The van der Waals surface area contributed by atoms with Crippen molar-refractivity contribution in [2.45, 2.75) is 38.1 Å². The van der Waals surface area contributed by atoms with Crippen LogP contribution in [0.25, 0.3) is 21.3 Å². The van der Waals surface area contributed by atoms with Gasteiger partial charge in [-0.15, -0.1) is 11.3 Å². The number of carbonyl (C=O) groups excluding carboxylic acids is 1. The van der Waals surface area contributed by atoms with E-state index in [9.17, 15) is 4.79 Å². The molecule has 158 valence electrons. The molecule has 0 aliphatic heterocycles. The fraction of sp³-hybridized carbons (Fsp3) is 0.240. The van der Waals surface area contributed by atoms with Crippen molar-refractivity contribution in [2.75, 3.05) is 11.1 Å². The molecule has 0 atom stereocenters. The number of anilines is 1. The van der Waals surface area contributed by atoms with Gasteiger partial charge >= 0.3 is 0 Å². The number of nitrogens with zero attached hydrogens (tertiary/aromatic N) is 2. The number of aromatic nitrogens is 2. The van der Waals surface area contributed by atoms with E-state index in [1.807, 2.05) is 30.3 Å². The number of aryl methyl sites for hydroxylation is 2. The molecule has 0 aliphatic rings. The van der Waals surface area contributed by atoms with Gasteiger partial charge in [0.05, 0.1) is 11.1 Å². The van der Waals surface area contributed by atoms with Crippen molar-refractivity contribution >= 4 is 44.9 Å². The molecule has 0 saturated carbocycles. The second kappa shape index (κ2) is 10.1. The first-order valence-electron chi connectivity index (χ1n) is 10.5. The summed E-state index contributed by atoms with van der Waals surface area (Å²) in [5.41, 5.74) is 4.44. The highest BCUT2D eigenvalue weighted by Crippen LogP contribution is 2.41. The van der Waals surface area contributed by atoms with Gasteiger partial charge in [0.25, 0.3) is 0 Å². The predicted octanol–water partition coefficient (Wildman–Crippen LogP) is 6.74. The third kappa shape index (κ3) is 5.14. The summed E-state index contributed by atoms with van der Waals surface area (Å²) in [6, 6.07) is 18.4. The Morgan fingerprint density at radius 3 is 2.58 bits per heavy atom. The monoisotopic (exact) mass is 447 g/mol. The van der Waals surface area contributed by atoms with Crippen molar-refractivity contribution in [3.63, 3.8) is 0 Å². The lowest BCUT2D eigenvalue weighted by Crippen LogP contribution is -2.14. The highest BCUT2D eigenvalue weighted by molar-refractivity contribution is 8.00. The average molecular weight is 448 g/mol. The number of nitrogens with one attached hydrogen (secondary N) is 1. The van der Waals surface area contributed by atoms with Crippen LogP contribution < -0.4 is 5.32 Å². The third-order valence-corrected chi connectivity index (χ3v) is 7.09. The van der Waals surface area contributed by atoms with Crippen LogP contribution in [0, 0.1) is 6.92 Å². The molecule has 0 saturated heterocycles. The molecule has 0 fully saturated rings. The first-order chi connectivity index (χ1) is 15.2. The van der Waals surface area contributed by atoms with Crippen molar-refractivity contribution < 1.29 is 4.79 Å². The van der Waals surface area contributed by atoms with Crippen LogP contribution >= 0.6 is 23.1 Å². The molecule has 0 bridgehead atoms. The van der Waals surface area contributed by atoms with Crippen molar-refractivity contribution in [3.05, 3.63) is 71.4 Å². The Morgan fingerprint density at radius 2 is 1.84 bits per heavy atom. The number of rotatable bonds is 8. The summed E-state index contributed by atoms with van der Waals surface area (Å²) in [7, 11) is 0. The second-order valence-electron chi connectivity index (χ2n) is 7.40. The summed E-state index contributed by atoms with van der Waals surface area (Å²) < 4.78 is 0. The van der Waals surface area contributed by atoms with E-state index < -0.39 is 0 Å². The van der Waals surface area contributed by atoms with E-state index in [-0.39, 0.29) is 5.91 Å². The van der Waals surface area contributed by atoms with Crippen LogP contribution in [0.5, 0.6) is 0 Å². The van der Waals surface area contributed by atoms with Gasteiger partial charge in [0.1, 0.15) is 16.2 Å². The summed E-state index contributed by atoms with van der Waals surface area (Å²) in [5, 5.41) is 4.88. The van der Waals surface area contributed by atoms with Crippen molar-refractivity contribution in [1.82, 2.24) is 9.97 Å². The lowest BCUT2D eigenvalue weighted by molar-refractivity contribution is -0.113. The largest absolute Gasteiger partial charge is 0.325 e. The topological polar surface area (TPSA) is 54.9 Å². The quantitative estimate of drug-likeness (QED) is 0.240. The molecule has 2 heterocycles. The number of unbranched alkanes of at least 4 members (excludes halogenated alkanes) is 1. The van der Waals surface area contributed by atoms with E-state index in [1.54, 1.807) is 17.7 Å². The molecular weight excluding hydrogens is 422 g/mol. The minimum Gasteiger partial charge on any atom is -0.325 e. The second-order valence-corrected chi connectivity index (χ2v) is 9.56. The average Bonchev–Trinajstić information content (AvgIpc) is 3.14. The standard InChI is InChI=1S/C25H25N3OS2/c1-3-4-8-18-11-13-20(14-12-18)28-21(29)15-30-24-23-22(19-9-6-5-7-10-19)17(2)31-25(23)27-16-26-24/h5-7,9-14,16H,3-4,8,15H2,1-2H3,(H,28,29). The van der Waals surface area contributed by atoms with E-state index >= 15 is 0 Å². The van der Waals surface area contributed by atoms with Crippen LogP contribution in [0.1, 0.15) is 30.2 Å². The first kappa shape index (κ1) is 21.5. The molecule has 31 heavy (non-hydrogen) atoms. The Labute approximate surface area is 191 Å². The molecule has 0 spiro atoms. The number of hydrogen-bond acceptors (Lipinski definition) is 5. The molecule has 1 amide bonds. The summed E-state index contributed by atoms with van der Waals surface area (Å²) in [6.45, 7) is 4.30. The number of fused-ring (bicyclic) bond motifs is 1. The molecule has 4 aromatic rings. The van der Waals surface area contributed by atoms with Crippen molar-refractivity contribution in [2.24, 2.45) is 0 Å². The molecule has 6 heteroatoms. The maximum atomic E-state index is 12.6. The van der Waals surface area contributed by atoms with Gasteiger partial charge in [-0.2, -0.15) is 0 Å². The molecule has 2 aromatic carbocycles. The van der Waals surface area contributed by atoms with Crippen LogP contribution in [0.15, 0.2) is 66.0 Å². The smallest absolute Gasteiger partial charge is 0.234 e. The lowest BCUT2D eigenvalue weighted by atomic mass is 10.0. The van der Waals surface area contributed by atoms with E-state index in [0.717, 1.165) is 38.5 Å². The van der Waals surface area contributed by atoms with Crippen molar-refractivity contribution in [3.8, 4) is 11.1 Å². The Balaban J connectivity index is 1.48. The van der Waals surface area contributed by atoms with Crippen LogP contribution in [-0.4, -0.2) is 21.6 Å². The van der Waals surface area contributed by atoms with Crippen LogP contribution in [0.3, 0.4) is 0 Å². The predicted molar refractivity (Wildman–Crippen MR) is 132 cm³/mol. The molecule has 1 N–H and O–H groups in total. The zero-order chi connectivity index (χ0) is 21.6. The zero-order valence-corrected chi connectivity index (χ0v) is 19.4. The van der Waals surface area contributed by atoms with E-state index in [2.05, 4.69) is 53.4 Å². The molecular formula is C25H25N3OS2. The molecule has 0 aliphatic carbocycles. The van der Waals surface area contributed by atoms with Gasteiger partial charge < -0.3 is 5.32 Å². The van der Waals surface area contributed by atoms with Gasteiger partial charge in [-0.3, -0.25) is 4.79 Å². The van der Waals surface area contributed by atoms with E-state index in [0.29, 0.717) is 5.75 Å². The number of thioether (sulfide) groups is 1. The van der Waals surface area contributed by atoms with Crippen LogP contribution in [0.4, 0.5) is 5.69 Å². The van der Waals surface area contributed by atoms with Gasteiger partial charge in [0, 0.05) is 16.1 Å². The van der Waals surface area contributed by atoms with Gasteiger partial charge in [0.15, 0.2) is 0 Å². The zero-order valence-electron chi connectivity index (χ0n) is 17.7.